The second-order valence-electron chi connectivity index (χ2n) is 5.36. The summed E-state index contributed by atoms with van der Waals surface area (Å²) >= 11 is 2.23. The van der Waals surface area contributed by atoms with E-state index in [4.69, 9.17) is 0 Å². The number of carbonyl (C=O) groups excluding carboxylic acids is 1. The van der Waals surface area contributed by atoms with Gasteiger partial charge in [0, 0.05) is 3.57 Å². The van der Waals surface area contributed by atoms with Crippen LogP contribution in [-0.2, 0) is 0 Å². The number of carbonyl (C=O) groups is 1. The number of hydrazone groups is 1. The average molecular weight is 430 g/mol. The van der Waals surface area contributed by atoms with Gasteiger partial charge >= 0.3 is 0 Å². The molecule has 0 aromatic heterocycles. The summed E-state index contributed by atoms with van der Waals surface area (Å²) in [6.45, 7) is 1.82. The summed E-state index contributed by atoms with van der Waals surface area (Å²) < 4.78 is 1.13. The maximum Gasteiger partial charge on any atom is 0.275 e. The second kappa shape index (κ2) is 7.00. The first-order chi connectivity index (χ1) is 11.5. The summed E-state index contributed by atoms with van der Waals surface area (Å²) in [4.78, 5) is 12.3. The summed E-state index contributed by atoms with van der Waals surface area (Å²) in [5, 5.41) is 16.0. The summed E-state index contributed by atoms with van der Waals surface area (Å²) in [6, 6.07) is 18.6. The van der Waals surface area contributed by atoms with Crippen LogP contribution in [0.3, 0.4) is 0 Å². The van der Waals surface area contributed by atoms with Crippen molar-refractivity contribution in [3.63, 3.8) is 0 Å². The Morgan fingerprint density at radius 1 is 1.04 bits per heavy atom. The van der Waals surface area contributed by atoms with Crippen molar-refractivity contribution in [1.82, 2.24) is 5.43 Å². The molecule has 0 atom stereocenters. The van der Waals surface area contributed by atoms with Crippen molar-refractivity contribution in [1.29, 1.82) is 0 Å². The fraction of sp³-hybridized carbons (Fsp3) is 0.0526. The number of hydrogen-bond donors (Lipinski definition) is 2. The molecule has 0 bridgehead atoms. The number of amides is 1. The summed E-state index contributed by atoms with van der Waals surface area (Å²) in [5.74, 6) is -0.503. The fourth-order valence-electron chi connectivity index (χ4n) is 2.36. The number of phenols is 1. The Labute approximate surface area is 153 Å². The van der Waals surface area contributed by atoms with Crippen LogP contribution in [0, 0.1) is 3.57 Å². The summed E-state index contributed by atoms with van der Waals surface area (Å²) in [6.07, 6.45) is 0. The maximum absolute atomic E-state index is 12.3. The van der Waals surface area contributed by atoms with Gasteiger partial charge in [0.2, 0.25) is 0 Å². The number of hydrogen-bond acceptors (Lipinski definition) is 3. The van der Waals surface area contributed by atoms with Crippen LogP contribution in [-0.4, -0.2) is 16.7 Å². The Morgan fingerprint density at radius 3 is 2.33 bits per heavy atom. The monoisotopic (exact) mass is 430 g/mol. The van der Waals surface area contributed by atoms with Gasteiger partial charge in [-0.1, -0.05) is 36.4 Å². The molecule has 3 aromatic carbocycles. The molecule has 2 N–H and O–H groups in total. The van der Waals surface area contributed by atoms with Crippen molar-refractivity contribution >= 4 is 45.0 Å². The Balaban J connectivity index is 1.83. The fourth-order valence-corrected chi connectivity index (χ4v) is 2.72. The molecule has 0 fully saturated rings. The standard InChI is InChI=1S/C19H15IN2O2/c1-12(13-6-8-16(20)9-7-13)21-22-19(24)17-10-14-4-2-3-5-15(14)11-18(17)23/h2-11,23H,1H3,(H,22,24)/b21-12-. The molecular weight excluding hydrogens is 415 g/mol. The highest BCUT2D eigenvalue weighted by molar-refractivity contribution is 14.1. The molecule has 3 aromatic rings. The van der Waals surface area contributed by atoms with E-state index in [2.05, 4.69) is 33.1 Å². The lowest BCUT2D eigenvalue weighted by molar-refractivity contribution is 0.0952. The van der Waals surface area contributed by atoms with E-state index in [9.17, 15) is 9.90 Å². The first-order valence-corrected chi connectivity index (χ1v) is 8.45. The van der Waals surface area contributed by atoms with Crippen LogP contribution in [0.25, 0.3) is 10.8 Å². The van der Waals surface area contributed by atoms with Crippen LogP contribution in [0.4, 0.5) is 0 Å². The number of rotatable bonds is 3. The van der Waals surface area contributed by atoms with Gasteiger partial charge in [0.15, 0.2) is 0 Å². The third-order valence-electron chi connectivity index (χ3n) is 3.70. The van der Waals surface area contributed by atoms with Crippen LogP contribution in [0.2, 0.25) is 0 Å². The number of aromatic hydroxyl groups is 1. The summed E-state index contributed by atoms with van der Waals surface area (Å²) in [7, 11) is 0. The van der Waals surface area contributed by atoms with E-state index < -0.39 is 5.91 Å². The largest absolute Gasteiger partial charge is 0.507 e. The zero-order valence-electron chi connectivity index (χ0n) is 13.0. The predicted octanol–water partition coefficient (Wildman–Crippen LogP) is 4.30. The van der Waals surface area contributed by atoms with Gasteiger partial charge in [-0.15, -0.1) is 0 Å². The molecule has 0 radical (unpaired) electrons. The van der Waals surface area contributed by atoms with E-state index in [1.807, 2.05) is 55.5 Å². The number of nitrogens with zero attached hydrogens (tertiary/aromatic N) is 1. The van der Waals surface area contributed by atoms with Crippen LogP contribution in [0.1, 0.15) is 22.8 Å². The van der Waals surface area contributed by atoms with E-state index in [1.54, 1.807) is 12.1 Å². The lowest BCUT2D eigenvalue weighted by Gasteiger charge is -2.07. The van der Waals surface area contributed by atoms with Crippen LogP contribution in [0.5, 0.6) is 5.75 Å². The minimum atomic E-state index is -0.442. The molecule has 0 saturated carbocycles. The van der Waals surface area contributed by atoms with Gasteiger partial charge in [0.05, 0.1) is 11.3 Å². The van der Waals surface area contributed by atoms with Gasteiger partial charge in [-0.2, -0.15) is 5.10 Å². The van der Waals surface area contributed by atoms with Gasteiger partial charge in [0.1, 0.15) is 5.75 Å². The molecule has 0 heterocycles. The Bertz CT molecular complexity index is 934. The minimum Gasteiger partial charge on any atom is -0.507 e. The van der Waals surface area contributed by atoms with Gasteiger partial charge in [-0.3, -0.25) is 4.79 Å². The minimum absolute atomic E-state index is 0.0617. The van der Waals surface area contributed by atoms with Crippen LogP contribution in [0.15, 0.2) is 65.8 Å². The van der Waals surface area contributed by atoms with Gasteiger partial charge in [-0.25, -0.2) is 5.43 Å². The molecule has 0 aliphatic carbocycles. The number of fused-ring (bicyclic) bond motifs is 1. The molecule has 120 valence electrons. The molecule has 0 aliphatic rings. The second-order valence-corrected chi connectivity index (χ2v) is 6.61. The molecule has 1 amide bonds. The van der Waals surface area contributed by atoms with Gasteiger partial charge < -0.3 is 5.11 Å². The predicted molar refractivity (Wildman–Crippen MR) is 104 cm³/mol. The highest BCUT2D eigenvalue weighted by Crippen LogP contribution is 2.24. The van der Waals surface area contributed by atoms with E-state index in [-0.39, 0.29) is 11.3 Å². The topological polar surface area (TPSA) is 61.7 Å². The molecular formula is C19H15IN2O2. The third kappa shape index (κ3) is 3.56. The number of phenolic OH excluding ortho intramolecular Hbond substituents is 1. The van der Waals surface area contributed by atoms with Crippen molar-refractivity contribution in [2.45, 2.75) is 6.92 Å². The highest BCUT2D eigenvalue weighted by atomic mass is 127. The van der Waals surface area contributed by atoms with Gasteiger partial charge in [-0.05, 0) is 70.1 Å². The van der Waals surface area contributed by atoms with E-state index >= 15 is 0 Å². The smallest absolute Gasteiger partial charge is 0.275 e. The van der Waals surface area contributed by atoms with Crippen molar-refractivity contribution in [3.05, 3.63) is 75.4 Å². The van der Waals surface area contributed by atoms with Crippen molar-refractivity contribution in [3.8, 4) is 5.75 Å². The number of nitrogens with one attached hydrogen (secondary N) is 1. The molecule has 24 heavy (non-hydrogen) atoms. The maximum atomic E-state index is 12.3. The Morgan fingerprint density at radius 2 is 1.67 bits per heavy atom. The lowest BCUT2D eigenvalue weighted by Crippen LogP contribution is -2.19. The Hall–Kier alpha value is -2.41. The lowest BCUT2D eigenvalue weighted by atomic mass is 10.1. The molecule has 4 nitrogen and oxygen atoms in total. The molecule has 0 unspecified atom stereocenters. The SMILES string of the molecule is C/C(=N/NC(=O)c1cc2ccccc2cc1O)c1ccc(I)cc1. The van der Waals surface area contributed by atoms with Crippen LogP contribution < -0.4 is 5.43 Å². The Kier molecular flexibility index (Phi) is 4.80. The average Bonchev–Trinajstić information content (AvgIpc) is 2.59. The first-order valence-electron chi connectivity index (χ1n) is 7.37. The normalized spacial score (nSPS) is 11.5. The molecule has 0 spiro atoms. The number of halogens is 1. The zero-order valence-corrected chi connectivity index (χ0v) is 15.1. The summed E-state index contributed by atoms with van der Waals surface area (Å²) in [5.41, 5.74) is 4.33. The number of benzene rings is 3. The van der Waals surface area contributed by atoms with E-state index in [0.29, 0.717) is 5.71 Å². The molecule has 0 saturated heterocycles. The highest BCUT2D eigenvalue weighted by Gasteiger charge is 2.12. The molecule has 3 rings (SSSR count). The van der Waals surface area contributed by atoms with Crippen molar-refractivity contribution in [2.75, 3.05) is 0 Å². The third-order valence-corrected chi connectivity index (χ3v) is 4.41. The van der Waals surface area contributed by atoms with E-state index in [0.717, 1.165) is 19.9 Å². The van der Waals surface area contributed by atoms with Gasteiger partial charge in [0.25, 0.3) is 5.91 Å². The van der Waals surface area contributed by atoms with Crippen molar-refractivity contribution < 1.29 is 9.90 Å². The van der Waals surface area contributed by atoms with Crippen LogP contribution >= 0.6 is 22.6 Å². The first kappa shape index (κ1) is 16.4. The quantitative estimate of drug-likeness (QED) is 0.370. The van der Waals surface area contributed by atoms with Crippen molar-refractivity contribution in [2.24, 2.45) is 5.10 Å². The van der Waals surface area contributed by atoms with E-state index in [1.165, 1.54) is 0 Å². The molecule has 5 heteroatoms. The molecule has 0 aliphatic heterocycles. The zero-order chi connectivity index (χ0) is 17.1.